The fourth-order valence-corrected chi connectivity index (χ4v) is 2.08. The highest BCUT2D eigenvalue weighted by molar-refractivity contribution is 5.46. The standard InChI is InChI=1S/C14H11FO2/c15-10-5-6-14-11(8-10)12(16)7-9-3-1-2-4-13(9)17-14/h1-6,8,12,16H,7H2/t12-/m1/s1. The molecule has 1 heterocycles. The van der Waals surface area contributed by atoms with E-state index in [9.17, 15) is 9.50 Å². The van der Waals surface area contributed by atoms with E-state index in [1.807, 2.05) is 24.3 Å². The fraction of sp³-hybridized carbons (Fsp3) is 0.143. The van der Waals surface area contributed by atoms with Gasteiger partial charge in [-0.05, 0) is 29.8 Å². The minimum Gasteiger partial charge on any atom is -0.457 e. The number of aliphatic hydroxyl groups excluding tert-OH is 1. The Labute approximate surface area is 98.3 Å². The number of aliphatic hydroxyl groups is 1. The molecule has 0 aliphatic carbocycles. The third-order valence-electron chi connectivity index (χ3n) is 2.94. The molecule has 3 heteroatoms. The van der Waals surface area contributed by atoms with E-state index in [1.165, 1.54) is 12.1 Å². The second-order valence-electron chi connectivity index (χ2n) is 4.11. The summed E-state index contributed by atoms with van der Waals surface area (Å²) in [6, 6.07) is 11.7. The molecule has 2 nitrogen and oxygen atoms in total. The minimum atomic E-state index is -0.732. The first-order valence-corrected chi connectivity index (χ1v) is 5.47. The molecule has 1 aliphatic rings. The maximum Gasteiger partial charge on any atom is 0.133 e. The van der Waals surface area contributed by atoms with Gasteiger partial charge in [-0.15, -0.1) is 0 Å². The predicted octanol–water partition coefficient (Wildman–Crippen LogP) is 3.21. The number of hydrogen-bond donors (Lipinski definition) is 1. The number of fused-ring (bicyclic) bond motifs is 2. The Morgan fingerprint density at radius 1 is 1.12 bits per heavy atom. The largest absolute Gasteiger partial charge is 0.457 e. The Morgan fingerprint density at radius 2 is 1.94 bits per heavy atom. The number of benzene rings is 2. The normalized spacial score (nSPS) is 17.6. The van der Waals surface area contributed by atoms with Crippen molar-refractivity contribution < 1.29 is 14.2 Å². The molecule has 0 saturated heterocycles. The van der Waals surface area contributed by atoms with E-state index >= 15 is 0 Å². The summed E-state index contributed by atoms with van der Waals surface area (Å²) in [5, 5.41) is 10.1. The summed E-state index contributed by atoms with van der Waals surface area (Å²) in [7, 11) is 0. The SMILES string of the molecule is O[C@@H]1Cc2ccccc2Oc2ccc(F)cc21. The highest BCUT2D eigenvalue weighted by Crippen LogP contribution is 2.38. The number of halogens is 1. The Morgan fingerprint density at radius 3 is 2.82 bits per heavy atom. The molecule has 1 N–H and O–H groups in total. The van der Waals surface area contributed by atoms with Crippen molar-refractivity contribution in [3.8, 4) is 11.5 Å². The summed E-state index contributed by atoms with van der Waals surface area (Å²) in [5.74, 6) is 0.873. The van der Waals surface area contributed by atoms with Crippen molar-refractivity contribution in [2.75, 3.05) is 0 Å². The Bertz CT molecular complexity index is 566. The molecule has 2 aromatic rings. The fourth-order valence-electron chi connectivity index (χ4n) is 2.08. The molecule has 0 saturated carbocycles. The molecule has 1 atom stereocenters. The molecule has 0 aromatic heterocycles. The van der Waals surface area contributed by atoms with Gasteiger partial charge in [0.2, 0.25) is 0 Å². The third-order valence-corrected chi connectivity index (χ3v) is 2.94. The van der Waals surface area contributed by atoms with Gasteiger partial charge in [0.25, 0.3) is 0 Å². The second kappa shape index (κ2) is 3.86. The van der Waals surface area contributed by atoms with Crippen molar-refractivity contribution >= 4 is 0 Å². The molecule has 17 heavy (non-hydrogen) atoms. The van der Waals surface area contributed by atoms with Gasteiger partial charge < -0.3 is 9.84 Å². The van der Waals surface area contributed by atoms with E-state index in [4.69, 9.17) is 4.74 Å². The first-order valence-electron chi connectivity index (χ1n) is 5.47. The maximum absolute atomic E-state index is 13.2. The van der Waals surface area contributed by atoms with Gasteiger partial charge in [-0.2, -0.15) is 0 Å². The van der Waals surface area contributed by atoms with Crippen molar-refractivity contribution in [3.05, 3.63) is 59.4 Å². The molecule has 0 radical (unpaired) electrons. The zero-order valence-electron chi connectivity index (χ0n) is 9.06. The summed E-state index contributed by atoms with van der Waals surface area (Å²) in [6.07, 6.45) is -0.295. The highest BCUT2D eigenvalue weighted by Gasteiger charge is 2.21. The van der Waals surface area contributed by atoms with Crippen LogP contribution in [0.1, 0.15) is 17.2 Å². The molecule has 86 valence electrons. The third kappa shape index (κ3) is 1.78. The van der Waals surface area contributed by atoms with Crippen LogP contribution in [0.3, 0.4) is 0 Å². The van der Waals surface area contributed by atoms with Crippen molar-refractivity contribution in [2.45, 2.75) is 12.5 Å². The Hall–Kier alpha value is -1.87. The van der Waals surface area contributed by atoms with Gasteiger partial charge >= 0.3 is 0 Å². The van der Waals surface area contributed by atoms with Crippen molar-refractivity contribution in [1.29, 1.82) is 0 Å². The van der Waals surface area contributed by atoms with Crippen LogP contribution in [-0.2, 0) is 6.42 Å². The second-order valence-corrected chi connectivity index (χ2v) is 4.11. The summed E-state index contributed by atoms with van der Waals surface area (Å²) < 4.78 is 18.9. The van der Waals surface area contributed by atoms with Crippen LogP contribution in [-0.4, -0.2) is 5.11 Å². The average molecular weight is 230 g/mol. The summed E-state index contributed by atoms with van der Waals surface area (Å²) in [6.45, 7) is 0. The molecule has 0 fully saturated rings. The van der Waals surface area contributed by atoms with Crippen LogP contribution in [0.2, 0.25) is 0 Å². The van der Waals surface area contributed by atoms with E-state index < -0.39 is 6.10 Å². The first kappa shape index (κ1) is 10.3. The van der Waals surface area contributed by atoms with Crippen LogP contribution in [0.25, 0.3) is 0 Å². The minimum absolute atomic E-state index is 0.364. The Balaban J connectivity index is 2.14. The van der Waals surface area contributed by atoms with E-state index in [0.29, 0.717) is 17.7 Å². The molecule has 0 amide bonds. The van der Waals surface area contributed by atoms with Gasteiger partial charge in [0.15, 0.2) is 0 Å². The topological polar surface area (TPSA) is 29.5 Å². The maximum atomic E-state index is 13.2. The molecular weight excluding hydrogens is 219 g/mol. The van der Waals surface area contributed by atoms with E-state index in [1.54, 1.807) is 6.07 Å². The number of para-hydroxylation sites is 1. The van der Waals surface area contributed by atoms with Gasteiger partial charge in [0, 0.05) is 12.0 Å². The van der Waals surface area contributed by atoms with Crippen LogP contribution in [0, 0.1) is 5.82 Å². The molecule has 0 spiro atoms. The summed E-state index contributed by atoms with van der Waals surface area (Å²) >= 11 is 0. The lowest BCUT2D eigenvalue weighted by molar-refractivity contribution is 0.178. The molecule has 2 aromatic carbocycles. The average Bonchev–Trinajstić information content (AvgIpc) is 2.46. The van der Waals surface area contributed by atoms with Crippen LogP contribution in [0.5, 0.6) is 11.5 Å². The van der Waals surface area contributed by atoms with Crippen molar-refractivity contribution in [1.82, 2.24) is 0 Å². The summed E-state index contributed by atoms with van der Waals surface area (Å²) in [4.78, 5) is 0. The quantitative estimate of drug-likeness (QED) is 0.753. The van der Waals surface area contributed by atoms with Gasteiger partial charge in [-0.3, -0.25) is 0 Å². The van der Waals surface area contributed by atoms with Crippen LogP contribution in [0.4, 0.5) is 4.39 Å². The monoisotopic (exact) mass is 230 g/mol. The van der Waals surface area contributed by atoms with Crippen LogP contribution in [0.15, 0.2) is 42.5 Å². The zero-order chi connectivity index (χ0) is 11.8. The predicted molar refractivity (Wildman–Crippen MR) is 61.6 cm³/mol. The van der Waals surface area contributed by atoms with Crippen molar-refractivity contribution in [3.63, 3.8) is 0 Å². The smallest absolute Gasteiger partial charge is 0.133 e. The van der Waals surface area contributed by atoms with E-state index in [-0.39, 0.29) is 5.82 Å². The molecule has 1 aliphatic heterocycles. The molecular formula is C14H11FO2. The van der Waals surface area contributed by atoms with Gasteiger partial charge in [-0.25, -0.2) is 4.39 Å². The summed E-state index contributed by atoms with van der Waals surface area (Å²) in [5.41, 5.74) is 1.43. The van der Waals surface area contributed by atoms with E-state index in [0.717, 1.165) is 11.3 Å². The first-order chi connectivity index (χ1) is 8.24. The lowest BCUT2D eigenvalue weighted by Gasteiger charge is -2.10. The number of rotatable bonds is 0. The highest BCUT2D eigenvalue weighted by atomic mass is 19.1. The number of ether oxygens (including phenoxy) is 1. The lowest BCUT2D eigenvalue weighted by Crippen LogP contribution is -2.00. The van der Waals surface area contributed by atoms with Crippen molar-refractivity contribution in [2.24, 2.45) is 0 Å². The zero-order valence-corrected chi connectivity index (χ0v) is 9.06. The molecule has 3 rings (SSSR count). The van der Waals surface area contributed by atoms with Gasteiger partial charge in [0.05, 0.1) is 6.10 Å². The van der Waals surface area contributed by atoms with Gasteiger partial charge in [-0.1, -0.05) is 18.2 Å². The Kier molecular flexibility index (Phi) is 2.34. The molecule has 0 unspecified atom stereocenters. The lowest BCUT2D eigenvalue weighted by atomic mass is 10.0. The van der Waals surface area contributed by atoms with E-state index in [2.05, 4.69) is 0 Å². The van der Waals surface area contributed by atoms with Crippen LogP contribution >= 0.6 is 0 Å². The van der Waals surface area contributed by atoms with Crippen LogP contribution < -0.4 is 4.74 Å². The molecule has 0 bridgehead atoms. The number of hydrogen-bond acceptors (Lipinski definition) is 2. The van der Waals surface area contributed by atoms with Gasteiger partial charge in [0.1, 0.15) is 17.3 Å².